The minimum absolute atomic E-state index is 0.394. The van der Waals surface area contributed by atoms with Crippen molar-refractivity contribution in [2.45, 2.75) is 39.8 Å². The first-order valence-corrected chi connectivity index (χ1v) is 9.26. The predicted molar refractivity (Wildman–Crippen MR) is 101 cm³/mol. The van der Waals surface area contributed by atoms with E-state index in [2.05, 4.69) is 40.8 Å². The summed E-state index contributed by atoms with van der Waals surface area (Å²) in [6.45, 7) is 6.05. The SMILES string of the molecule is CC(=O)OC(C)=O.CCc1ccc(-c2nc3c(s2)C(O)CN(C)C3)cc1. The van der Waals surface area contributed by atoms with Gasteiger partial charge in [-0.15, -0.1) is 11.3 Å². The average Bonchev–Trinajstić information content (AvgIpc) is 2.98. The Balaban J connectivity index is 0.000000298. The number of fused-ring (bicyclic) bond motifs is 1. The van der Waals surface area contributed by atoms with Crippen LogP contribution in [-0.2, 0) is 27.3 Å². The number of likely N-dealkylation sites (N-methyl/N-ethyl adjacent to an activating group) is 1. The maximum Gasteiger partial charge on any atom is 0.310 e. The van der Waals surface area contributed by atoms with Crippen LogP contribution in [-0.4, -0.2) is 40.5 Å². The van der Waals surface area contributed by atoms with E-state index in [0.29, 0.717) is 6.54 Å². The first-order valence-electron chi connectivity index (χ1n) is 8.44. The second-order valence-electron chi connectivity index (χ2n) is 6.18. The number of aromatic nitrogens is 1. The van der Waals surface area contributed by atoms with Gasteiger partial charge in [-0.2, -0.15) is 0 Å². The highest BCUT2D eigenvalue weighted by molar-refractivity contribution is 7.15. The Hall–Kier alpha value is -2.09. The van der Waals surface area contributed by atoms with E-state index in [9.17, 15) is 14.7 Å². The van der Waals surface area contributed by atoms with Crippen LogP contribution in [0.15, 0.2) is 24.3 Å². The third-order valence-electron chi connectivity index (χ3n) is 3.83. The number of esters is 2. The van der Waals surface area contributed by atoms with E-state index < -0.39 is 18.0 Å². The van der Waals surface area contributed by atoms with Crippen LogP contribution in [0.1, 0.15) is 43.0 Å². The van der Waals surface area contributed by atoms with Crippen molar-refractivity contribution < 1.29 is 19.4 Å². The summed E-state index contributed by atoms with van der Waals surface area (Å²) in [6.07, 6.45) is 0.660. The van der Waals surface area contributed by atoms with Crippen LogP contribution in [0.2, 0.25) is 0 Å². The molecule has 0 fully saturated rings. The van der Waals surface area contributed by atoms with Crippen LogP contribution >= 0.6 is 11.3 Å². The molecule has 0 amide bonds. The maximum absolute atomic E-state index is 10.1. The molecule has 2 heterocycles. The number of β-amino-alcohol motifs (C(OH)–C–C–N with tert-alkyl or cyclic N) is 1. The van der Waals surface area contributed by atoms with Crippen molar-refractivity contribution in [3.05, 3.63) is 40.4 Å². The Morgan fingerprint density at radius 3 is 2.38 bits per heavy atom. The van der Waals surface area contributed by atoms with Crippen molar-refractivity contribution in [2.24, 2.45) is 0 Å². The first kappa shape index (κ1) is 20.2. The third-order valence-corrected chi connectivity index (χ3v) is 5.08. The molecule has 1 N–H and O–H groups in total. The Morgan fingerprint density at radius 2 is 1.88 bits per heavy atom. The number of thiazole rings is 1. The molecule has 1 aliphatic rings. The lowest BCUT2D eigenvalue weighted by Crippen LogP contribution is -2.29. The highest BCUT2D eigenvalue weighted by Crippen LogP contribution is 2.35. The number of carbonyl (C=O) groups excluding carboxylic acids is 2. The van der Waals surface area contributed by atoms with Gasteiger partial charge in [-0.05, 0) is 19.0 Å². The van der Waals surface area contributed by atoms with Gasteiger partial charge in [-0.3, -0.25) is 14.5 Å². The molecule has 1 aromatic heterocycles. The normalized spacial score (nSPS) is 16.3. The molecular formula is C19H24N2O4S. The predicted octanol–water partition coefficient (Wildman–Crippen LogP) is 2.95. The maximum atomic E-state index is 10.1. The lowest BCUT2D eigenvalue weighted by molar-refractivity contribution is -0.156. The Kier molecular flexibility index (Phi) is 7.02. The molecule has 0 aliphatic carbocycles. The summed E-state index contributed by atoms with van der Waals surface area (Å²) >= 11 is 1.62. The van der Waals surface area contributed by atoms with E-state index in [-0.39, 0.29) is 0 Å². The summed E-state index contributed by atoms with van der Waals surface area (Å²) in [5.41, 5.74) is 3.51. The standard InChI is InChI=1S/C15H18N2OS.C4H6O3/c1-3-10-4-6-11(7-5-10)15-16-12-8-17(2)9-13(18)14(12)19-15;1-3(5)7-4(2)6/h4-7,13,18H,3,8-9H2,1-2H3;1-2H3. The zero-order valence-corrected chi connectivity index (χ0v) is 16.3. The van der Waals surface area contributed by atoms with Crippen molar-refractivity contribution in [2.75, 3.05) is 13.6 Å². The van der Waals surface area contributed by atoms with Crippen LogP contribution in [0, 0.1) is 0 Å². The minimum Gasteiger partial charge on any atom is -0.394 e. The van der Waals surface area contributed by atoms with E-state index in [1.807, 2.05) is 7.05 Å². The average molecular weight is 376 g/mol. The van der Waals surface area contributed by atoms with Gasteiger partial charge in [-0.1, -0.05) is 31.2 Å². The van der Waals surface area contributed by atoms with Crippen LogP contribution in [0.5, 0.6) is 0 Å². The lowest BCUT2D eigenvalue weighted by Gasteiger charge is -2.25. The second kappa shape index (κ2) is 9.02. The van der Waals surface area contributed by atoms with Crippen LogP contribution in [0.3, 0.4) is 0 Å². The van der Waals surface area contributed by atoms with E-state index in [0.717, 1.165) is 34.1 Å². The molecule has 0 radical (unpaired) electrons. The third kappa shape index (κ3) is 5.45. The molecular weight excluding hydrogens is 352 g/mol. The van der Waals surface area contributed by atoms with Crippen molar-refractivity contribution in [3.63, 3.8) is 0 Å². The number of aryl methyl sites for hydroxylation is 1. The molecule has 1 aliphatic heterocycles. The molecule has 140 valence electrons. The Labute approximate surface area is 157 Å². The van der Waals surface area contributed by atoms with Gasteiger partial charge >= 0.3 is 11.9 Å². The van der Waals surface area contributed by atoms with Crippen LogP contribution < -0.4 is 0 Å². The van der Waals surface area contributed by atoms with Crippen LogP contribution in [0.4, 0.5) is 0 Å². The summed E-state index contributed by atoms with van der Waals surface area (Å²) in [5.74, 6) is -1.12. The zero-order valence-electron chi connectivity index (χ0n) is 15.5. The Morgan fingerprint density at radius 1 is 1.27 bits per heavy atom. The molecule has 0 bridgehead atoms. The van der Waals surface area contributed by atoms with E-state index in [1.165, 1.54) is 19.4 Å². The zero-order chi connectivity index (χ0) is 19.3. The number of ether oxygens (including phenoxy) is 1. The fourth-order valence-corrected chi connectivity index (χ4v) is 3.70. The van der Waals surface area contributed by atoms with Crippen molar-refractivity contribution in [1.29, 1.82) is 0 Å². The first-order chi connectivity index (χ1) is 12.3. The van der Waals surface area contributed by atoms with Crippen molar-refractivity contribution in [1.82, 2.24) is 9.88 Å². The lowest BCUT2D eigenvalue weighted by atomic mass is 10.1. The van der Waals surface area contributed by atoms with Crippen molar-refractivity contribution >= 4 is 23.3 Å². The summed E-state index contributed by atoms with van der Waals surface area (Å²) in [4.78, 5) is 27.5. The van der Waals surface area contributed by atoms with Gasteiger partial charge in [0, 0.05) is 32.5 Å². The number of benzene rings is 1. The molecule has 1 atom stereocenters. The minimum atomic E-state index is -0.562. The number of aliphatic hydroxyl groups is 1. The number of hydrogen-bond donors (Lipinski definition) is 1. The summed E-state index contributed by atoms with van der Waals surface area (Å²) < 4.78 is 3.97. The second-order valence-corrected chi connectivity index (χ2v) is 7.21. The summed E-state index contributed by atoms with van der Waals surface area (Å²) in [5, 5.41) is 11.1. The highest BCUT2D eigenvalue weighted by atomic mass is 32.1. The van der Waals surface area contributed by atoms with E-state index in [1.54, 1.807) is 11.3 Å². The molecule has 7 heteroatoms. The van der Waals surface area contributed by atoms with Crippen LogP contribution in [0.25, 0.3) is 10.6 Å². The molecule has 0 saturated heterocycles. The van der Waals surface area contributed by atoms with Gasteiger partial charge in [0.15, 0.2) is 0 Å². The van der Waals surface area contributed by atoms with Gasteiger partial charge < -0.3 is 9.84 Å². The molecule has 0 spiro atoms. The number of aliphatic hydroxyl groups excluding tert-OH is 1. The smallest absolute Gasteiger partial charge is 0.310 e. The largest absolute Gasteiger partial charge is 0.394 e. The fraction of sp³-hybridized carbons (Fsp3) is 0.421. The summed E-state index contributed by atoms with van der Waals surface area (Å²) in [7, 11) is 2.02. The molecule has 6 nitrogen and oxygen atoms in total. The molecule has 3 rings (SSSR count). The van der Waals surface area contributed by atoms with E-state index >= 15 is 0 Å². The fourth-order valence-electron chi connectivity index (χ4n) is 2.64. The molecule has 1 aromatic carbocycles. The highest BCUT2D eigenvalue weighted by Gasteiger charge is 2.25. The number of hydrogen-bond acceptors (Lipinski definition) is 7. The number of nitrogens with zero attached hydrogens (tertiary/aromatic N) is 2. The van der Waals surface area contributed by atoms with E-state index in [4.69, 9.17) is 4.98 Å². The van der Waals surface area contributed by atoms with Gasteiger partial charge in [-0.25, -0.2) is 4.98 Å². The van der Waals surface area contributed by atoms with Gasteiger partial charge in [0.1, 0.15) is 11.1 Å². The summed E-state index contributed by atoms with van der Waals surface area (Å²) in [6, 6.07) is 8.55. The van der Waals surface area contributed by atoms with Crippen molar-refractivity contribution in [3.8, 4) is 10.6 Å². The van der Waals surface area contributed by atoms with Gasteiger partial charge in [0.2, 0.25) is 0 Å². The quantitative estimate of drug-likeness (QED) is 0.641. The number of carbonyl (C=O) groups is 2. The molecule has 26 heavy (non-hydrogen) atoms. The molecule has 1 unspecified atom stereocenters. The molecule has 2 aromatic rings. The topological polar surface area (TPSA) is 79.7 Å². The monoisotopic (exact) mass is 376 g/mol. The van der Waals surface area contributed by atoms with Gasteiger partial charge in [0.25, 0.3) is 0 Å². The molecule has 0 saturated carbocycles. The number of rotatable bonds is 2. The van der Waals surface area contributed by atoms with Gasteiger partial charge in [0.05, 0.1) is 10.6 Å². The Bertz CT molecular complexity index is 758.